The molecule has 3 rings (SSSR count). The van der Waals surface area contributed by atoms with Gasteiger partial charge in [-0.1, -0.05) is 6.07 Å². The fraction of sp³-hybridized carbons (Fsp3) is 0.667. The third kappa shape index (κ3) is 3.81. The van der Waals surface area contributed by atoms with Gasteiger partial charge in [-0.25, -0.2) is 0 Å². The molecule has 6 heteroatoms. The molecule has 2 aliphatic heterocycles. The summed E-state index contributed by atoms with van der Waals surface area (Å²) in [4.78, 5) is 28.9. The molecule has 1 spiro atoms. The second kappa shape index (κ2) is 7.23. The molecule has 0 aliphatic carbocycles. The second-order valence-electron chi connectivity index (χ2n) is 7.15. The zero-order chi connectivity index (χ0) is 17.2. The number of hydrogen-bond donors (Lipinski definition) is 0. The lowest BCUT2D eigenvalue weighted by molar-refractivity contribution is -0.139. The van der Waals surface area contributed by atoms with E-state index in [2.05, 4.69) is 0 Å². The highest BCUT2D eigenvalue weighted by atomic mass is 32.1. The molecule has 2 saturated heterocycles. The van der Waals surface area contributed by atoms with Crippen molar-refractivity contribution >= 4 is 23.2 Å². The Morgan fingerprint density at radius 2 is 2.12 bits per heavy atom. The van der Waals surface area contributed by atoms with Crippen LogP contribution < -0.4 is 0 Å². The molecule has 0 bridgehead atoms. The lowest BCUT2D eigenvalue weighted by Gasteiger charge is -2.46. The molecule has 2 fully saturated rings. The van der Waals surface area contributed by atoms with Crippen molar-refractivity contribution in [3.05, 3.63) is 22.4 Å². The number of hydrogen-bond acceptors (Lipinski definition) is 4. The summed E-state index contributed by atoms with van der Waals surface area (Å²) in [5.41, 5.74) is -0.137. The molecule has 1 aromatic rings. The molecule has 1 unspecified atom stereocenters. The molecule has 2 aliphatic rings. The molecule has 24 heavy (non-hydrogen) atoms. The van der Waals surface area contributed by atoms with E-state index in [4.69, 9.17) is 4.74 Å². The van der Waals surface area contributed by atoms with E-state index < -0.39 is 0 Å². The first-order valence-electron chi connectivity index (χ1n) is 8.66. The topological polar surface area (TPSA) is 49.9 Å². The number of likely N-dealkylation sites (tertiary alicyclic amines) is 1. The molecule has 1 atom stereocenters. The molecule has 5 nitrogen and oxygen atoms in total. The van der Waals surface area contributed by atoms with Gasteiger partial charge in [0.25, 0.3) is 5.91 Å². The smallest absolute Gasteiger partial charge is 0.263 e. The quantitative estimate of drug-likeness (QED) is 0.842. The van der Waals surface area contributed by atoms with Gasteiger partial charge in [0.2, 0.25) is 5.91 Å². The third-order valence-corrected chi connectivity index (χ3v) is 6.11. The van der Waals surface area contributed by atoms with Crippen molar-refractivity contribution in [3.63, 3.8) is 0 Å². The Morgan fingerprint density at radius 3 is 2.75 bits per heavy atom. The molecule has 3 heterocycles. The number of carbonyl (C=O) groups is 2. The van der Waals surface area contributed by atoms with E-state index in [1.807, 2.05) is 36.5 Å². The summed E-state index contributed by atoms with van der Waals surface area (Å²) in [6.45, 7) is 2.21. The number of rotatable bonds is 3. The maximum atomic E-state index is 12.5. The maximum Gasteiger partial charge on any atom is 0.263 e. The maximum absolute atomic E-state index is 12.5. The summed E-state index contributed by atoms with van der Waals surface area (Å²) in [5.74, 6) is 0.727. The molecule has 0 aromatic carbocycles. The van der Waals surface area contributed by atoms with Crippen molar-refractivity contribution in [2.45, 2.75) is 37.7 Å². The zero-order valence-electron chi connectivity index (χ0n) is 14.5. The predicted octanol–water partition coefficient (Wildman–Crippen LogP) is 2.63. The molecule has 0 radical (unpaired) electrons. The molecule has 1 aromatic heterocycles. The van der Waals surface area contributed by atoms with Crippen LogP contribution in [0.2, 0.25) is 0 Å². The standard InChI is InChI=1S/C18H26N2O3S/c1-19(2)16(21)12-14-5-10-23-18(13-14)6-8-20(9-7-18)17(22)15-4-3-11-24-15/h3-4,11,14H,5-10,12-13H2,1-2H3. The predicted molar refractivity (Wildman–Crippen MR) is 94.2 cm³/mol. The van der Waals surface area contributed by atoms with Crippen molar-refractivity contribution in [2.75, 3.05) is 33.8 Å². The Labute approximate surface area is 147 Å². The summed E-state index contributed by atoms with van der Waals surface area (Å²) >= 11 is 1.50. The minimum absolute atomic E-state index is 0.134. The summed E-state index contributed by atoms with van der Waals surface area (Å²) < 4.78 is 6.14. The van der Waals surface area contributed by atoms with Gasteiger partial charge < -0.3 is 14.5 Å². The van der Waals surface area contributed by atoms with Crippen molar-refractivity contribution < 1.29 is 14.3 Å². The van der Waals surface area contributed by atoms with E-state index in [1.165, 1.54) is 11.3 Å². The summed E-state index contributed by atoms with van der Waals surface area (Å²) in [7, 11) is 3.62. The Morgan fingerprint density at radius 1 is 1.38 bits per heavy atom. The molecule has 132 valence electrons. The molecular weight excluding hydrogens is 324 g/mol. The highest BCUT2D eigenvalue weighted by Gasteiger charge is 2.41. The minimum Gasteiger partial charge on any atom is -0.375 e. The molecule has 0 N–H and O–H groups in total. The monoisotopic (exact) mass is 350 g/mol. The van der Waals surface area contributed by atoms with E-state index in [-0.39, 0.29) is 17.4 Å². The van der Waals surface area contributed by atoms with Gasteiger partial charge in [0.1, 0.15) is 0 Å². The van der Waals surface area contributed by atoms with E-state index >= 15 is 0 Å². The summed E-state index contributed by atoms with van der Waals surface area (Å²) in [6.07, 6.45) is 4.25. The first kappa shape index (κ1) is 17.4. The van der Waals surface area contributed by atoms with Gasteiger partial charge >= 0.3 is 0 Å². The fourth-order valence-corrected chi connectivity index (χ4v) is 4.45. The third-order valence-electron chi connectivity index (χ3n) is 5.25. The zero-order valence-corrected chi connectivity index (χ0v) is 15.3. The van der Waals surface area contributed by atoms with Crippen LogP contribution in [0.4, 0.5) is 0 Å². The summed E-state index contributed by atoms with van der Waals surface area (Å²) in [5, 5.41) is 1.94. The van der Waals surface area contributed by atoms with Gasteiger partial charge in [-0.2, -0.15) is 0 Å². The van der Waals surface area contributed by atoms with Crippen LogP contribution in [-0.2, 0) is 9.53 Å². The molecule has 0 saturated carbocycles. The average molecular weight is 350 g/mol. The Kier molecular flexibility index (Phi) is 5.25. The van der Waals surface area contributed by atoms with Crippen LogP contribution in [0.1, 0.15) is 41.8 Å². The highest BCUT2D eigenvalue weighted by Crippen LogP contribution is 2.39. The Hall–Kier alpha value is -1.40. The van der Waals surface area contributed by atoms with Crippen LogP contribution in [0.25, 0.3) is 0 Å². The molecule has 2 amide bonds. The van der Waals surface area contributed by atoms with E-state index in [9.17, 15) is 9.59 Å². The van der Waals surface area contributed by atoms with Crippen molar-refractivity contribution in [3.8, 4) is 0 Å². The fourth-order valence-electron chi connectivity index (χ4n) is 3.75. The van der Waals surface area contributed by atoms with Crippen LogP contribution in [0.5, 0.6) is 0 Å². The molecular formula is C18H26N2O3S. The number of nitrogens with zero attached hydrogens (tertiary/aromatic N) is 2. The SMILES string of the molecule is CN(C)C(=O)CC1CCOC2(CCN(C(=O)c3cccs3)CC2)C1. The average Bonchev–Trinajstić information content (AvgIpc) is 3.09. The van der Waals surface area contributed by atoms with Crippen LogP contribution in [-0.4, -0.2) is 61.0 Å². The number of thiophene rings is 1. The second-order valence-corrected chi connectivity index (χ2v) is 8.10. The minimum atomic E-state index is -0.137. The van der Waals surface area contributed by atoms with Crippen LogP contribution in [0.15, 0.2) is 17.5 Å². The Balaban J connectivity index is 1.56. The van der Waals surface area contributed by atoms with Gasteiger partial charge in [-0.15, -0.1) is 11.3 Å². The van der Waals surface area contributed by atoms with Crippen molar-refractivity contribution in [1.29, 1.82) is 0 Å². The van der Waals surface area contributed by atoms with Crippen LogP contribution >= 0.6 is 11.3 Å². The number of ether oxygens (including phenoxy) is 1. The van der Waals surface area contributed by atoms with Gasteiger partial charge in [0.05, 0.1) is 10.5 Å². The summed E-state index contributed by atoms with van der Waals surface area (Å²) in [6, 6.07) is 3.80. The Bertz CT molecular complexity index is 577. The van der Waals surface area contributed by atoms with Crippen LogP contribution in [0, 0.1) is 5.92 Å². The van der Waals surface area contributed by atoms with E-state index in [1.54, 1.807) is 4.90 Å². The number of carbonyl (C=O) groups excluding carboxylic acids is 2. The van der Waals surface area contributed by atoms with E-state index in [0.29, 0.717) is 12.3 Å². The van der Waals surface area contributed by atoms with Gasteiger partial charge in [-0.05, 0) is 43.0 Å². The van der Waals surface area contributed by atoms with E-state index in [0.717, 1.165) is 50.3 Å². The van der Waals surface area contributed by atoms with Gasteiger partial charge in [-0.3, -0.25) is 9.59 Å². The van der Waals surface area contributed by atoms with Gasteiger partial charge in [0, 0.05) is 40.2 Å². The normalized spacial score (nSPS) is 23.2. The van der Waals surface area contributed by atoms with Crippen molar-refractivity contribution in [2.24, 2.45) is 5.92 Å². The van der Waals surface area contributed by atoms with Gasteiger partial charge in [0.15, 0.2) is 0 Å². The first-order chi connectivity index (χ1) is 11.5. The first-order valence-corrected chi connectivity index (χ1v) is 9.54. The lowest BCUT2D eigenvalue weighted by Crippen LogP contribution is -2.51. The lowest BCUT2D eigenvalue weighted by atomic mass is 9.78. The van der Waals surface area contributed by atoms with Crippen molar-refractivity contribution in [1.82, 2.24) is 9.80 Å². The number of amides is 2. The number of piperidine rings is 1. The van der Waals surface area contributed by atoms with Crippen LogP contribution in [0.3, 0.4) is 0 Å². The highest BCUT2D eigenvalue weighted by molar-refractivity contribution is 7.12. The largest absolute Gasteiger partial charge is 0.375 e.